The lowest BCUT2D eigenvalue weighted by Crippen LogP contribution is -2.02. The van der Waals surface area contributed by atoms with Crippen LogP contribution in [0, 0.1) is 0 Å². The third-order valence-corrected chi connectivity index (χ3v) is 2.92. The van der Waals surface area contributed by atoms with Gasteiger partial charge >= 0.3 is 0 Å². The maximum Gasteiger partial charge on any atom is 0.153 e. The van der Waals surface area contributed by atoms with E-state index in [0.29, 0.717) is 12.2 Å². The van der Waals surface area contributed by atoms with Crippen LogP contribution in [0.25, 0.3) is 0 Å². The van der Waals surface area contributed by atoms with Crippen molar-refractivity contribution in [2.75, 3.05) is 6.26 Å². The molecule has 0 saturated carbocycles. The maximum atomic E-state index is 10.8. The van der Waals surface area contributed by atoms with E-state index >= 15 is 0 Å². The first kappa shape index (κ1) is 9.63. The fourth-order valence-electron chi connectivity index (χ4n) is 0.778. The molecule has 0 aliphatic rings. The minimum atomic E-state index is -2.97. The van der Waals surface area contributed by atoms with E-state index < -0.39 is 9.84 Å². The number of hydrogen-bond donors (Lipinski definition) is 1. The standard InChI is InChI=1S/C6H10N2O2S2/c1-12(9,10)4-5-3-11-6(2-7)8-5/h3H,2,4,7H2,1H3. The molecule has 1 aromatic heterocycles. The van der Waals surface area contributed by atoms with Crippen LogP contribution in [-0.2, 0) is 22.1 Å². The van der Waals surface area contributed by atoms with Gasteiger partial charge in [-0.25, -0.2) is 13.4 Å². The second kappa shape index (κ2) is 3.51. The first-order chi connectivity index (χ1) is 5.51. The highest BCUT2D eigenvalue weighted by atomic mass is 32.2. The topological polar surface area (TPSA) is 73.0 Å². The molecule has 0 saturated heterocycles. The van der Waals surface area contributed by atoms with E-state index in [1.807, 2.05) is 0 Å². The third kappa shape index (κ3) is 2.88. The van der Waals surface area contributed by atoms with Crippen LogP contribution in [0.3, 0.4) is 0 Å². The first-order valence-corrected chi connectivity index (χ1v) is 6.26. The quantitative estimate of drug-likeness (QED) is 0.764. The zero-order chi connectivity index (χ0) is 9.19. The Morgan fingerprint density at radius 3 is 2.75 bits per heavy atom. The van der Waals surface area contributed by atoms with Crippen molar-refractivity contribution in [3.05, 3.63) is 16.1 Å². The average molecular weight is 206 g/mol. The van der Waals surface area contributed by atoms with Gasteiger partial charge in [0.1, 0.15) is 5.01 Å². The van der Waals surface area contributed by atoms with Crippen LogP contribution < -0.4 is 5.73 Å². The van der Waals surface area contributed by atoms with Crippen LogP contribution in [0.2, 0.25) is 0 Å². The summed E-state index contributed by atoms with van der Waals surface area (Å²) in [6, 6.07) is 0. The highest BCUT2D eigenvalue weighted by molar-refractivity contribution is 7.89. The second-order valence-electron chi connectivity index (χ2n) is 2.51. The molecule has 4 nitrogen and oxygen atoms in total. The van der Waals surface area contributed by atoms with Gasteiger partial charge in [0.2, 0.25) is 0 Å². The molecule has 0 aromatic carbocycles. The molecule has 0 amide bonds. The van der Waals surface area contributed by atoms with E-state index in [2.05, 4.69) is 4.98 Å². The van der Waals surface area contributed by atoms with Crippen molar-refractivity contribution in [2.24, 2.45) is 5.73 Å². The molecule has 0 spiro atoms. The Bertz CT molecular complexity index is 355. The summed E-state index contributed by atoms with van der Waals surface area (Å²) in [4.78, 5) is 4.03. The van der Waals surface area contributed by atoms with E-state index in [1.54, 1.807) is 5.38 Å². The normalized spacial score (nSPS) is 11.8. The van der Waals surface area contributed by atoms with Gasteiger partial charge in [-0.05, 0) is 0 Å². The van der Waals surface area contributed by atoms with Crippen LogP contribution in [0.4, 0.5) is 0 Å². The Balaban J connectivity index is 2.78. The van der Waals surface area contributed by atoms with Gasteiger partial charge in [-0.2, -0.15) is 0 Å². The van der Waals surface area contributed by atoms with E-state index in [-0.39, 0.29) is 5.75 Å². The SMILES string of the molecule is CS(=O)(=O)Cc1csc(CN)n1. The molecule has 0 atom stereocenters. The summed E-state index contributed by atoms with van der Waals surface area (Å²) >= 11 is 1.39. The summed E-state index contributed by atoms with van der Waals surface area (Å²) in [6.07, 6.45) is 1.19. The van der Waals surface area contributed by atoms with E-state index in [4.69, 9.17) is 5.73 Å². The average Bonchev–Trinajstić information content (AvgIpc) is 2.32. The highest BCUT2D eigenvalue weighted by Gasteiger charge is 2.07. The molecule has 68 valence electrons. The van der Waals surface area contributed by atoms with Crippen molar-refractivity contribution in [3.63, 3.8) is 0 Å². The van der Waals surface area contributed by atoms with E-state index in [1.165, 1.54) is 17.6 Å². The van der Waals surface area contributed by atoms with Gasteiger partial charge < -0.3 is 5.73 Å². The van der Waals surface area contributed by atoms with Crippen LogP contribution in [0.1, 0.15) is 10.7 Å². The molecule has 6 heteroatoms. The molecule has 0 aliphatic heterocycles. The smallest absolute Gasteiger partial charge is 0.153 e. The van der Waals surface area contributed by atoms with Crippen molar-refractivity contribution >= 4 is 21.2 Å². The van der Waals surface area contributed by atoms with Gasteiger partial charge in [0.15, 0.2) is 9.84 Å². The summed E-state index contributed by atoms with van der Waals surface area (Å²) in [6.45, 7) is 0.369. The van der Waals surface area contributed by atoms with Crippen molar-refractivity contribution in [1.29, 1.82) is 0 Å². The molecule has 0 unspecified atom stereocenters. The van der Waals surface area contributed by atoms with Gasteiger partial charge in [-0.15, -0.1) is 11.3 Å². The highest BCUT2D eigenvalue weighted by Crippen LogP contribution is 2.10. The number of rotatable bonds is 3. The Hall–Kier alpha value is -0.460. The molecule has 2 N–H and O–H groups in total. The summed E-state index contributed by atoms with van der Waals surface area (Å²) in [7, 11) is -2.97. The largest absolute Gasteiger partial charge is 0.325 e. The lowest BCUT2D eigenvalue weighted by molar-refractivity contribution is 0.600. The van der Waals surface area contributed by atoms with Gasteiger partial charge in [0.05, 0.1) is 11.4 Å². The summed E-state index contributed by atoms with van der Waals surface area (Å²) < 4.78 is 21.7. The van der Waals surface area contributed by atoms with Crippen molar-refractivity contribution in [1.82, 2.24) is 4.98 Å². The molecule has 0 aliphatic carbocycles. The Kier molecular flexibility index (Phi) is 2.81. The minimum absolute atomic E-state index is 0.00347. The number of sulfone groups is 1. The number of thiazole rings is 1. The summed E-state index contributed by atoms with van der Waals surface area (Å²) in [5.41, 5.74) is 5.91. The molecule has 1 aromatic rings. The second-order valence-corrected chi connectivity index (χ2v) is 5.59. The van der Waals surface area contributed by atoms with Crippen LogP contribution in [0.15, 0.2) is 5.38 Å². The monoisotopic (exact) mass is 206 g/mol. The maximum absolute atomic E-state index is 10.8. The third-order valence-electron chi connectivity index (χ3n) is 1.18. The van der Waals surface area contributed by atoms with E-state index in [0.717, 1.165) is 5.01 Å². The van der Waals surface area contributed by atoms with Crippen molar-refractivity contribution < 1.29 is 8.42 Å². The van der Waals surface area contributed by atoms with Crippen LogP contribution >= 0.6 is 11.3 Å². The first-order valence-electron chi connectivity index (χ1n) is 3.32. The summed E-state index contributed by atoms with van der Waals surface area (Å²) in [5.74, 6) is 0.00347. The number of nitrogens with zero attached hydrogens (tertiary/aromatic N) is 1. The Morgan fingerprint density at radius 1 is 1.67 bits per heavy atom. The number of hydrogen-bond acceptors (Lipinski definition) is 5. The van der Waals surface area contributed by atoms with Gasteiger partial charge in [-0.3, -0.25) is 0 Å². The molecular weight excluding hydrogens is 196 g/mol. The zero-order valence-corrected chi connectivity index (χ0v) is 8.28. The molecule has 12 heavy (non-hydrogen) atoms. The molecular formula is C6H10N2O2S2. The molecule has 0 radical (unpaired) electrons. The molecule has 0 bridgehead atoms. The van der Waals surface area contributed by atoms with Gasteiger partial charge in [0, 0.05) is 18.2 Å². The minimum Gasteiger partial charge on any atom is -0.325 e. The number of aromatic nitrogens is 1. The van der Waals surface area contributed by atoms with E-state index in [9.17, 15) is 8.42 Å². The zero-order valence-electron chi connectivity index (χ0n) is 6.65. The van der Waals surface area contributed by atoms with Gasteiger partial charge in [0.25, 0.3) is 0 Å². The fraction of sp³-hybridized carbons (Fsp3) is 0.500. The lowest BCUT2D eigenvalue weighted by Gasteiger charge is -1.91. The van der Waals surface area contributed by atoms with Crippen molar-refractivity contribution in [2.45, 2.75) is 12.3 Å². The number of nitrogens with two attached hydrogens (primary N) is 1. The molecule has 1 rings (SSSR count). The van der Waals surface area contributed by atoms with Crippen LogP contribution in [0.5, 0.6) is 0 Å². The Labute approximate surface area is 75.4 Å². The predicted octanol–water partition coefficient (Wildman–Crippen LogP) is 0.146. The van der Waals surface area contributed by atoms with Crippen LogP contribution in [-0.4, -0.2) is 19.7 Å². The predicted molar refractivity (Wildman–Crippen MR) is 48.6 cm³/mol. The molecule has 1 heterocycles. The van der Waals surface area contributed by atoms with Crippen molar-refractivity contribution in [3.8, 4) is 0 Å². The lowest BCUT2D eigenvalue weighted by atomic mass is 10.6. The fourth-order valence-corrected chi connectivity index (χ4v) is 2.24. The molecule has 0 fully saturated rings. The Morgan fingerprint density at radius 2 is 2.33 bits per heavy atom. The summed E-state index contributed by atoms with van der Waals surface area (Å²) in [5, 5.41) is 2.50. The van der Waals surface area contributed by atoms with Gasteiger partial charge in [-0.1, -0.05) is 0 Å².